The number of hydroxylamine groups is 1. The van der Waals surface area contributed by atoms with Crippen molar-refractivity contribution in [3.8, 4) is 0 Å². The van der Waals surface area contributed by atoms with Gasteiger partial charge in [-0.2, -0.15) is 5.48 Å². The van der Waals surface area contributed by atoms with Crippen LogP contribution >= 0.6 is 0 Å². The smallest absolute Gasteiger partial charge is 0.0574 e. The van der Waals surface area contributed by atoms with Gasteiger partial charge in [-0.3, -0.25) is 0 Å². The number of hydrogen-bond donors (Lipinski definition) is 1. The van der Waals surface area contributed by atoms with E-state index in [4.69, 9.17) is 4.84 Å². The van der Waals surface area contributed by atoms with Crippen molar-refractivity contribution < 1.29 is 4.84 Å². The van der Waals surface area contributed by atoms with Crippen LogP contribution in [0.25, 0.3) is 0 Å². The Hall–Kier alpha value is -0.860. The van der Waals surface area contributed by atoms with E-state index in [2.05, 4.69) is 29.7 Å². The molecule has 0 saturated carbocycles. The molecule has 0 heterocycles. The van der Waals surface area contributed by atoms with E-state index in [9.17, 15) is 0 Å². The molecule has 0 radical (unpaired) electrons. The van der Waals surface area contributed by atoms with E-state index in [1.165, 1.54) is 30.4 Å². The Morgan fingerprint density at radius 1 is 1.38 bits per heavy atom. The van der Waals surface area contributed by atoms with Crippen molar-refractivity contribution in [2.24, 2.45) is 0 Å². The van der Waals surface area contributed by atoms with Gasteiger partial charge in [0.15, 0.2) is 0 Å². The van der Waals surface area contributed by atoms with E-state index >= 15 is 0 Å². The number of rotatable bonds is 2. The highest BCUT2D eigenvalue weighted by Gasteiger charge is 2.18. The van der Waals surface area contributed by atoms with Crippen LogP contribution in [0.3, 0.4) is 0 Å². The maximum Gasteiger partial charge on any atom is 0.0574 e. The third kappa shape index (κ3) is 1.74. The lowest BCUT2D eigenvalue weighted by Gasteiger charge is -2.25. The highest BCUT2D eigenvalue weighted by atomic mass is 16.6. The molecule has 1 aromatic rings. The first kappa shape index (κ1) is 8.73. The summed E-state index contributed by atoms with van der Waals surface area (Å²) in [5.41, 5.74) is 5.90. The van der Waals surface area contributed by atoms with Gasteiger partial charge in [0.1, 0.15) is 0 Å². The molecule has 1 N–H and O–H groups in total. The monoisotopic (exact) mass is 177 g/mol. The van der Waals surface area contributed by atoms with Gasteiger partial charge < -0.3 is 4.84 Å². The minimum atomic E-state index is 0.384. The lowest BCUT2D eigenvalue weighted by atomic mass is 9.88. The van der Waals surface area contributed by atoms with Crippen molar-refractivity contribution in [2.75, 3.05) is 7.11 Å². The second kappa shape index (κ2) is 3.90. The molecule has 0 amide bonds. The minimum absolute atomic E-state index is 0.384. The molecule has 0 aromatic heterocycles. The van der Waals surface area contributed by atoms with Crippen LogP contribution in [0, 0.1) is 0 Å². The highest BCUT2D eigenvalue weighted by Crippen LogP contribution is 2.28. The van der Waals surface area contributed by atoms with Gasteiger partial charge in [0.25, 0.3) is 0 Å². The molecule has 1 unspecified atom stereocenters. The number of aryl methyl sites for hydroxylation is 1. The lowest BCUT2D eigenvalue weighted by molar-refractivity contribution is 0.0551. The van der Waals surface area contributed by atoms with Gasteiger partial charge in [-0.1, -0.05) is 24.3 Å². The fourth-order valence-corrected chi connectivity index (χ4v) is 2.02. The Kier molecular flexibility index (Phi) is 2.62. The molecule has 0 bridgehead atoms. The quantitative estimate of drug-likeness (QED) is 0.699. The number of nitrogens with one attached hydrogen (secondary N) is 1. The molecule has 2 nitrogen and oxygen atoms in total. The molecule has 1 aliphatic rings. The zero-order valence-electron chi connectivity index (χ0n) is 7.92. The fourth-order valence-electron chi connectivity index (χ4n) is 2.02. The maximum atomic E-state index is 4.99. The summed E-state index contributed by atoms with van der Waals surface area (Å²) in [6, 6.07) is 8.97. The Balaban J connectivity index is 2.26. The van der Waals surface area contributed by atoms with Crippen LogP contribution in [0.15, 0.2) is 24.3 Å². The molecule has 0 aliphatic heterocycles. The van der Waals surface area contributed by atoms with E-state index in [-0.39, 0.29) is 0 Å². The topological polar surface area (TPSA) is 21.3 Å². The average molecular weight is 177 g/mol. The van der Waals surface area contributed by atoms with Crippen molar-refractivity contribution in [1.29, 1.82) is 0 Å². The number of fused-ring (bicyclic) bond motifs is 1. The van der Waals surface area contributed by atoms with Gasteiger partial charge in [0, 0.05) is 0 Å². The molecule has 1 aliphatic carbocycles. The molecule has 0 spiro atoms. The molecule has 13 heavy (non-hydrogen) atoms. The first-order valence-corrected chi connectivity index (χ1v) is 4.78. The molecule has 1 aromatic carbocycles. The SMILES string of the molecule is CONC1CCCc2ccccc21. The van der Waals surface area contributed by atoms with E-state index in [0.717, 1.165) is 0 Å². The molecule has 0 fully saturated rings. The van der Waals surface area contributed by atoms with Gasteiger partial charge in [0.2, 0.25) is 0 Å². The standard InChI is InChI=1S/C11H15NO/c1-13-12-11-8-4-6-9-5-2-3-7-10(9)11/h2-3,5,7,11-12H,4,6,8H2,1H3. The maximum absolute atomic E-state index is 4.99. The lowest BCUT2D eigenvalue weighted by Crippen LogP contribution is -2.24. The van der Waals surface area contributed by atoms with Crippen LogP contribution in [-0.4, -0.2) is 7.11 Å². The van der Waals surface area contributed by atoms with Crippen molar-refractivity contribution >= 4 is 0 Å². The van der Waals surface area contributed by atoms with Crippen molar-refractivity contribution in [3.05, 3.63) is 35.4 Å². The van der Waals surface area contributed by atoms with Gasteiger partial charge in [-0.25, -0.2) is 0 Å². The van der Waals surface area contributed by atoms with Gasteiger partial charge in [-0.05, 0) is 30.4 Å². The van der Waals surface area contributed by atoms with E-state index in [1.807, 2.05) is 0 Å². The normalized spacial score (nSPS) is 21.2. The van der Waals surface area contributed by atoms with Crippen LogP contribution in [0.2, 0.25) is 0 Å². The van der Waals surface area contributed by atoms with E-state index in [0.29, 0.717) is 6.04 Å². The molecular formula is C11H15NO. The Bertz CT molecular complexity index is 285. The predicted octanol–water partition coefficient (Wildman–Crippen LogP) is 2.21. The summed E-state index contributed by atoms with van der Waals surface area (Å²) >= 11 is 0. The van der Waals surface area contributed by atoms with Crippen LogP contribution < -0.4 is 5.48 Å². The summed E-state index contributed by atoms with van der Waals surface area (Å²) in [6.07, 6.45) is 3.63. The second-order valence-corrected chi connectivity index (χ2v) is 3.47. The zero-order chi connectivity index (χ0) is 9.10. The summed E-state index contributed by atoms with van der Waals surface area (Å²) in [6.45, 7) is 0. The molecule has 1 atom stereocenters. The Morgan fingerprint density at radius 3 is 3.08 bits per heavy atom. The average Bonchev–Trinajstić information content (AvgIpc) is 2.19. The summed E-state index contributed by atoms with van der Waals surface area (Å²) in [7, 11) is 1.68. The fraction of sp³-hybridized carbons (Fsp3) is 0.455. The van der Waals surface area contributed by atoms with Crippen LogP contribution in [0.5, 0.6) is 0 Å². The molecule has 2 rings (SSSR count). The van der Waals surface area contributed by atoms with Crippen LogP contribution in [0.1, 0.15) is 30.0 Å². The first-order valence-electron chi connectivity index (χ1n) is 4.78. The molecule has 70 valence electrons. The summed E-state index contributed by atoms with van der Waals surface area (Å²) in [4.78, 5) is 4.99. The third-order valence-corrected chi connectivity index (χ3v) is 2.63. The van der Waals surface area contributed by atoms with Gasteiger partial charge >= 0.3 is 0 Å². The van der Waals surface area contributed by atoms with Gasteiger partial charge in [0.05, 0.1) is 13.2 Å². The largest absolute Gasteiger partial charge is 0.305 e. The van der Waals surface area contributed by atoms with Crippen LogP contribution in [-0.2, 0) is 11.3 Å². The van der Waals surface area contributed by atoms with Crippen LogP contribution in [0.4, 0.5) is 0 Å². The predicted molar refractivity (Wildman–Crippen MR) is 52.3 cm³/mol. The van der Waals surface area contributed by atoms with E-state index in [1.54, 1.807) is 7.11 Å². The Labute approximate surface area is 78.9 Å². The minimum Gasteiger partial charge on any atom is -0.305 e. The molecule has 0 saturated heterocycles. The highest BCUT2D eigenvalue weighted by molar-refractivity contribution is 5.31. The molecule has 2 heteroatoms. The number of benzene rings is 1. The summed E-state index contributed by atoms with van der Waals surface area (Å²) in [5.74, 6) is 0. The second-order valence-electron chi connectivity index (χ2n) is 3.47. The third-order valence-electron chi connectivity index (χ3n) is 2.63. The zero-order valence-corrected chi connectivity index (χ0v) is 7.92. The summed E-state index contributed by atoms with van der Waals surface area (Å²) in [5, 5.41) is 0. The van der Waals surface area contributed by atoms with Crippen molar-refractivity contribution in [3.63, 3.8) is 0 Å². The van der Waals surface area contributed by atoms with Crippen molar-refractivity contribution in [2.45, 2.75) is 25.3 Å². The van der Waals surface area contributed by atoms with Crippen molar-refractivity contribution in [1.82, 2.24) is 5.48 Å². The molecular weight excluding hydrogens is 162 g/mol. The first-order chi connectivity index (χ1) is 6.42. The Morgan fingerprint density at radius 2 is 2.23 bits per heavy atom. The van der Waals surface area contributed by atoms with Gasteiger partial charge in [-0.15, -0.1) is 0 Å². The van der Waals surface area contributed by atoms with E-state index < -0.39 is 0 Å². The summed E-state index contributed by atoms with van der Waals surface area (Å²) < 4.78 is 0. The number of hydrogen-bond acceptors (Lipinski definition) is 2.